The molecule has 118 valence electrons. The maximum Gasteiger partial charge on any atom is 0.311 e. The first-order valence-electron chi connectivity index (χ1n) is 8.30. The van der Waals surface area contributed by atoms with Gasteiger partial charge in [-0.15, -0.1) is 0 Å². The minimum absolute atomic E-state index is 0.0131. The number of rotatable bonds is 4. The van der Waals surface area contributed by atoms with Crippen LogP contribution in [-0.2, 0) is 9.59 Å². The van der Waals surface area contributed by atoms with Crippen molar-refractivity contribution >= 4 is 11.9 Å². The Kier molecular flexibility index (Phi) is 3.95. The lowest BCUT2D eigenvalue weighted by molar-refractivity contribution is -0.151. The summed E-state index contributed by atoms with van der Waals surface area (Å²) < 4.78 is 0. The van der Waals surface area contributed by atoms with Crippen LogP contribution < -0.4 is 11.1 Å². The zero-order valence-electron chi connectivity index (χ0n) is 12.5. The summed E-state index contributed by atoms with van der Waals surface area (Å²) in [4.78, 5) is 24.1. The number of carboxylic acid groups (broad SMARTS) is 1. The van der Waals surface area contributed by atoms with Crippen LogP contribution in [0.15, 0.2) is 0 Å². The van der Waals surface area contributed by atoms with E-state index in [2.05, 4.69) is 5.32 Å². The van der Waals surface area contributed by atoms with Gasteiger partial charge in [-0.1, -0.05) is 19.3 Å². The number of carbonyl (C=O) groups excluding carboxylic acids is 1. The van der Waals surface area contributed by atoms with Gasteiger partial charge in [0.25, 0.3) is 0 Å². The van der Waals surface area contributed by atoms with Crippen LogP contribution in [0.2, 0.25) is 0 Å². The highest BCUT2D eigenvalue weighted by Gasteiger charge is 2.49. The SMILES string of the molecule is NC1C2CCC(C2)C1C(=O)NCC1(C(=O)O)CCCCC1. The highest BCUT2D eigenvalue weighted by molar-refractivity contribution is 5.82. The Morgan fingerprint density at radius 1 is 1.14 bits per heavy atom. The predicted molar refractivity (Wildman–Crippen MR) is 78.5 cm³/mol. The molecule has 4 atom stereocenters. The van der Waals surface area contributed by atoms with E-state index in [1.54, 1.807) is 0 Å². The molecule has 3 aliphatic rings. The van der Waals surface area contributed by atoms with Gasteiger partial charge in [-0.25, -0.2) is 0 Å². The van der Waals surface area contributed by atoms with Gasteiger partial charge in [-0.05, 0) is 43.9 Å². The fraction of sp³-hybridized carbons (Fsp3) is 0.875. The summed E-state index contributed by atoms with van der Waals surface area (Å²) in [6.45, 7) is 0.266. The number of nitrogens with one attached hydrogen (secondary N) is 1. The Morgan fingerprint density at radius 2 is 1.81 bits per heavy atom. The lowest BCUT2D eigenvalue weighted by Crippen LogP contribution is -2.50. The Morgan fingerprint density at radius 3 is 2.38 bits per heavy atom. The quantitative estimate of drug-likeness (QED) is 0.733. The second-order valence-electron chi connectivity index (χ2n) is 7.30. The number of fused-ring (bicyclic) bond motifs is 2. The third-order valence-electron chi connectivity index (χ3n) is 6.15. The van der Waals surface area contributed by atoms with Crippen molar-refractivity contribution < 1.29 is 14.7 Å². The van der Waals surface area contributed by atoms with Gasteiger partial charge in [-0.2, -0.15) is 0 Å². The van der Waals surface area contributed by atoms with Crippen molar-refractivity contribution in [2.75, 3.05) is 6.54 Å². The third kappa shape index (κ3) is 2.56. The second-order valence-corrected chi connectivity index (χ2v) is 7.30. The Balaban J connectivity index is 1.61. The molecule has 0 spiro atoms. The van der Waals surface area contributed by atoms with Gasteiger partial charge in [0.2, 0.25) is 5.91 Å². The van der Waals surface area contributed by atoms with E-state index < -0.39 is 11.4 Å². The van der Waals surface area contributed by atoms with Crippen molar-refractivity contribution in [3.05, 3.63) is 0 Å². The zero-order chi connectivity index (χ0) is 15.0. The van der Waals surface area contributed by atoms with Crippen LogP contribution in [0.3, 0.4) is 0 Å². The van der Waals surface area contributed by atoms with E-state index in [4.69, 9.17) is 5.73 Å². The van der Waals surface area contributed by atoms with E-state index in [0.29, 0.717) is 24.7 Å². The third-order valence-corrected chi connectivity index (χ3v) is 6.15. The largest absolute Gasteiger partial charge is 0.481 e. The molecule has 2 bridgehead atoms. The molecule has 3 aliphatic carbocycles. The molecule has 5 heteroatoms. The molecule has 3 fully saturated rings. The highest BCUT2D eigenvalue weighted by Crippen LogP contribution is 2.47. The molecule has 3 saturated carbocycles. The van der Waals surface area contributed by atoms with Gasteiger partial charge in [0.05, 0.1) is 11.3 Å². The summed E-state index contributed by atoms with van der Waals surface area (Å²) in [5.41, 5.74) is 5.44. The van der Waals surface area contributed by atoms with Crippen LogP contribution in [0.4, 0.5) is 0 Å². The van der Waals surface area contributed by atoms with Crippen LogP contribution in [-0.4, -0.2) is 29.6 Å². The molecule has 4 unspecified atom stereocenters. The van der Waals surface area contributed by atoms with Crippen molar-refractivity contribution in [3.8, 4) is 0 Å². The minimum atomic E-state index is -0.764. The number of hydrogen-bond acceptors (Lipinski definition) is 3. The van der Waals surface area contributed by atoms with Crippen molar-refractivity contribution in [2.45, 2.75) is 57.4 Å². The molecular formula is C16H26N2O3. The fourth-order valence-corrected chi connectivity index (χ4v) is 4.79. The molecule has 0 aliphatic heterocycles. The molecule has 4 N–H and O–H groups in total. The minimum Gasteiger partial charge on any atom is -0.481 e. The van der Waals surface area contributed by atoms with Crippen molar-refractivity contribution in [1.29, 1.82) is 0 Å². The normalized spacial score (nSPS) is 37.4. The van der Waals surface area contributed by atoms with E-state index in [9.17, 15) is 14.7 Å². The topological polar surface area (TPSA) is 92.4 Å². The first-order valence-corrected chi connectivity index (χ1v) is 8.30. The molecule has 3 rings (SSSR count). The van der Waals surface area contributed by atoms with E-state index in [0.717, 1.165) is 38.5 Å². The van der Waals surface area contributed by atoms with Crippen LogP contribution in [0, 0.1) is 23.2 Å². The van der Waals surface area contributed by atoms with E-state index in [-0.39, 0.29) is 24.4 Å². The number of amides is 1. The standard InChI is InChI=1S/C16H26N2O3/c17-13-11-5-4-10(8-11)12(13)14(19)18-9-16(15(20)21)6-2-1-3-7-16/h10-13H,1-9,17H2,(H,18,19)(H,20,21). The molecule has 21 heavy (non-hydrogen) atoms. The van der Waals surface area contributed by atoms with Crippen molar-refractivity contribution in [1.82, 2.24) is 5.32 Å². The summed E-state index contributed by atoms with van der Waals surface area (Å²) in [5, 5.41) is 12.5. The predicted octanol–water partition coefficient (Wildman–Crippen LogP) is 1.51. The molecule has 0 aromatic carbocycles. The molecule has 0 radical (unpaired) electrons. The zero-order valence-corrected chi connectivity index (χ0v) is 12.5. The average molecular weight is 294 g/mol. The summed E-state index contributed by atoms with van der Waals surface area (Å²) in [6.07, 6.45) is 7.64. The molecule has 0 aromatic heterocycles. The summed E-state index contributed by atoms with van der Waals surface area (Å²) in [7, 11) is 0. The summed E-state index contributed by atoms with van der Waals surface area (Å²) in [6, 6.07) is -0.0316. The highest BCUT2D eigenvalue weighted by atomic mass is 16.4. The molecule has 0 heterocycles. The lowest BCUT2D eigenvalue weighted by Gasteiger charge is -2.34. The molecule has 0 aromatic rings. The van der Waals surface area contributed by atoms with Crippen LogP contribution in [0.25, 0.3) is 0 Å². The second kappa shape index (κ2) is 5.59. The van der Waals surface area contributed by atoms with Gasteiger partial charge in [-0.3, -0.25) is 9.59 Å². The first kappa shape index (κ1) is 14.8. The van der Waals surface area contributed by atoms with Gasteiger partial charge in [0.15, 0.2) is 0 Å². The van der Waals surface area contributed by atoms with E-state index in [1.165, 1.54) is 0 Å². The summed E-state index contributed by atoms with van der Waals surface area (Å²) in [5.74, 6) is 0.0322. The molecule has 1 amide bonds. The Bertz CT molecular complexity index is 429. The number of hydrogen-bond donors (Lipinski definition) is 3. The number of carboxylic acids is 1. The van der Waals surface area contributed by atoms with E-state index in [1.807, 2.05) is 0 Å². The van der Waals surface area contributed by atoms with Gasteiger partial charge >= 0.3 is 5.97 Å². The van der Waals surface area contributed by atoms with Crippen molar-refractivity contribution in [3.63, 3.8) is 0 Å². The molecule has 5 nitrogen and oxygen atoms in total. The lowest BCUT2D eigenvalue weighted by atomic mass is 9.74. The molecular weight excluding hydrogens is 268 g/mol. The Hall–Kier alpha value is -1.10. The smallest absolute Gasteiger partial charge is 0.311 e. The van der Waals surface area contributed by atoms with Gasteiger partial charge < -0.3 is 16.2 Å². The Labute approximate surface area is 125 Å². The van der Waals surface area contributed by atoms with Gasteiger partial charge in [0.1, 0.15) is 0 Å². The maximum absolute atomic E-state index is 12.5. The molecule has 0 saturated heterocycles. The van der Waals surface area contributed by atoms with Gasteiger partial charge in [0, 0.05) is 12.6 Å². The number of carbonyl (C=O) groups is 2. The average Bonchev–Trinajstić information content (AvgIpc) is 3.06. The van der Waals surface area contributed by atoms with E-state index >= 15 is 0 Å². The van der Waals surface area contributed by atoms with Crippen LogP contribution >= 0.6 is 0 Å². The van der Waals surface area contributed by atoms with Crippen LogP contribution in [0.1, 0.15) is 51.4 Å². The maximum atomic E-state index is 12.5. The fourth-order valence-electron chi connectivity index (χ4n) is 4.79. The van der Waals surface area contributed by atoms with Crippen LogP contribution in [0.5, 0.6) is 0 Å². The summed E-state index contributed by atoms with van der Waals surface area (Å²) >= 11 is 0. The number of nitrogens with two attached hydrogens (primary N) is 1. The monoisotopic (exact) mass is 294 g/mol. The first-order chi connectivity index (χ1) is 10.0. The van der Waals surface area contributed by atoms with Crippen molar-refractivity contribution in [2.24, 2.45) is 28.9 Å². The number of aliphatic carboxylic acids is 1.